The van der Waals surface area contributed by atoms with Gasteiger partial charge in [-0.1, -0.05) is 30.3 Å². The van der Waals surface area contributed by atoms with Crippen molar-refractivity contribution in [2.24, 2.45) is 0 Å². The van der Waals surface area contributed by atoms with Crippen LogP contribution >= 0.6 is 0 Å². The van der Waals surface area contributed by atoms with Crippen LogP contribution in [-0.2, 0) is 9.53 Å². The molecule has 4 rings (SSSR count). The number of methoxy groups -OCH3 is 1. The molecule has 0 saturated carbocycles. The number of hydrogen-bond acceptors (Lipinski definition) is 4. The number of carbonyl (C=O) groups excluding carboxylic acids is 1. The quantitative estimate of drug-likeness (QED) is 0.634. The van der Waals surface area contributed by atoms with Crippen LogP contribution in [0.3, 0.4) is 0 Å². The Labute approximate surface area is 164 Å². The molecule has 0 N–H and O–H groups in total. The van der Waals surface area contributed by atoms with Gasteiger partial charge in [0, 0.05) is 41.7 Å². The second kappa shape index (κ2) is 7.90. The second-order valence-electron chi connectivity index (χ2n) is 6.83. The molecular formula is C23H23NO4. The van der Waals surface area contributed by atoms with Crippen LogP contribution in [0.2, 0.25) is 0 Å². The zero-order valence-corrected chi connectivity index (χ0v) is 16.1. The largest absolute Gasteiger partial charge is 0.496 e. The number of hydrogen-bond donors (Lipinski definition) is 0. The van der Waals surface area contributed by atoms with Gasteiger partial charge >= 0.3 is 0 Å². The average molecular weight is 377 g/mol. The molecule has 1 aliphatic heterocycles. The van der Waals surface area contributed by atoms with E-state index in [4.69, 9.17) is 13.9 Å². The Morgan fingerprint density at radius 2 is 1.89 bits per heavy atom. The molecule has 2 heterocycles. The minimum Gasteiger partial charge on any atom is -0.496 e. The molecule has 5 heteroatoms. The van der Waals surface area contributed by atoms with Crippen LogP contribution in [0.4, 0.5) is 0 Å². The van der Waals surface area contributed by atoms with Gasteiger partial charge in [0.15, 0.2) is 0 Å². The lowest BCUT2D eigenvalue weighted by atomic mass is 9.99. The Bertz CT molecular complexity index is 1010. The summed E-state index contributed by atoms with van der Waals surface area (Å²) in [5, 5.41) is 0.994. The zero-order chi connectivity index (χ0) is 19.5. The van der Waals surface area contributed by atoms with Crippen molar-refractivity contribution in [3.05, 3.63) is 60.4 Å². The Hall–Kier alpha value is -3.05. The molecule has 0 spiro atoms. The summed E-state index contributed by atoms with van der Waals surface area (Å²) in [6, 6.07) is 14.0. The fourth-order valence-corrected chi connectivity index (χ4v) is 3.51. The van der Waals surface area contributed by atoms with Gasteiger partial charge in [-0.15, -0.1) is 0 Å². The van der Waals surface area contributed by atoms with Crippen LogP contribution in [0.5, 0.6) is 5.75 Å². The van der Waals surface area contributed by atoms with E-state index in [0.717, 1.165) is 33.2 Å². The van der Waals surface area contributed by atoms with Gasteiger partial charge in [0.2, 0.25) is 5.91 Å². The van der Waals surface area contributed by atoms with Gasteiger partial charge in [-0.05, 0) is 24.1 Å². The molecular weight excluding hydrogens is 354 g/mol. The van der Waals surface area contributed by atoms with Crippen LogP contribution < -0.4 is 4.74 Å². The third-order valence-electron chi connectivity index (χ3n) is 5.07. The number of nitrogens with zero attached hydrogens (tertiary/aromatic N) is 1. The van der Waals surface area contributed by atoms with E-state index in [1.807, 2.05) is 42.2 Å². The van der Waals surface area contributed by atoms with E-state index < -0.39 is 0 Å². The van der Waals surface area contributed by atoms with E-state index in [0.29, 0.717) is 32.1 Å². The van der Waals surface area contributed by atoms with Crippen molar-refractivity contribution in [2.45, 2.75) is 6.92 Å². The van der Waals surface area contributed by atoms with E-state index in [1.54, 1.807) is 19.4 Å². The molecule has 0 aliphatic carbocycles. The molecule has 0 unspecified atom stereocenters. The second-order valence-corrected chi connectivity index (χ2v) is 6.83. The monoisotopic (exact) mass is 377 g/mol. The summed E-state index contributed by atoms with van der Waals surface area (Å²) in [4.78, 5) is 14.4. The minimum atomic E-state index is -0.00146. The van der Waals surface area contributed by atoms with Crippen molar-refractivity contribution in [1.82, 2.24) is 4.90 Å². The average Bonchev–Trinajstić information content (AvgIpc) is 3.16. The number of ether oxygens (including phenoxy) is 2. The Morgan fingerprint density at radius 1 is 1.14 bits per heavy atom. The summed E-state index contributed by atoms with van der Waals surface area (Å²) in [7, 11) is 1.63. The van der Waals surface area contributed by atoms with E-state index in [1.165, 1.54) is 0 Å². The molecule has 0 atom stereocenters. The third-order valence-corrected chi connectivity index (χ3v) is 5.07. The van der Waals surface area contributed by atoms with Crippen molar-refractivity contribution in [3.8, 4) is 16.9 Å². The third kappa shape index (κ3) is 3.53. The van der Waals surface area contributed by atoms with E-state index in [2.05, 4.69) is 12.1 Å². The normalized spacial score (nSPS) is 15.1. The summed E-state index contributed by atoms with van der Waals surface area (Å²) in [6.07, 6.45) is 3.44. The first-order valence-electron chi connectivity index (χ1n) is 9.37. The highest BCUT2D eigenvalue weighted by molar-refractivity contribution is 6.00. The maximum absolute atomic E-state index is 12.6. The Morgan fingerprint density at radius 3 is 2.61 bits per heavy atom. The number of amides is 1. The molecule has 1 amide bonds. The Kier molecular flexibility index (Phi) is 5.17. The van der Waals surface area contributed by atoms with E-state index >= 15 is 0 Å². The van der Waals surface area contributed by atoms with Crippen LogP contribution in [-0.4, -0.2) is 44.2 Å². The summed E-state index contributed by atoms with van der Waals surface area (Å²) in [5.41, 5.74) is 4.60. The first kappa shape index (κ1) is 18.3. The van der Waals surface area contributed by atoms with Gasteiger partial charge in [-0.3, -0.25) is 4.79 Å². The molecule has 1 fully saturated rings. The van der Waals surface area contributed by atoms with E-state index in [-0.39, 0.29) is 5.91 Å². The summed E-state index contributed by atoms with van der Waals surface area (Å²) in [5.74, 6) is 0.684. The predicted molar refractivity (Wildman–Crippen MR) is 109 cm³/mol. The highest BCUT2D eigenvalue weighted by Gasteiger charge is 2.18. The summed E-state index contributed by atoms with van der Waals surface area (Å²) < 4.78 is 16.7. The van der Waals surface area contributed by atoms with Crippen molar-refractivity contribution < 1.29 is 18.7 Å². The molecule has 0 radical (unpaired) electrons. The Balaban J connectivity index is 1.74. The van der Waals surface area contributed by atoms with Crippen molar-refractivity contribution >= 4 is 22.4 Å². The van der Waals surface area contributed by atoms with Crippen molar-refractivity contribution in [1.29, 1.82) is 0 Å². The van der Waals surface area contributed by atoms with E-state index in [9.17, 15) is 4.79 Å². The molecule has 2 aromatic carbocycles. The fourth-order valence-electron chi connectivity index (χ4n) is 3.51. The SMILES string of the molecule is COc1cc2occ(-c3ccccc3)c2cc1/C(C)=C/C(=O)N1CCOCC1. The number of fused-ring (bicyclic) bond motifs is 1. The summed E-state index contributed by atoms with van der Waals surface area (Å²) >= 11 is 0. The topological polar surface area (TPSA) is 51.9 Å². The standard InChI is InChI=1S/C23H23NO4/c1-16(12-23(25)24-8-10-27-11-9-24)18-13-19-20(17-6-4-3-5-7-17)15-28-22(19)14-21(18)26-2/h3-7,12-15H,8-11H2,1-2H3/b16-12+. The van der Waals surface area contributed by atoms with Crippen LogP contribution in [0.1, 0.15) is 12.5 Å². The molecule has 3 aromatic rings. The molecule has 0 bridgehead atoms. The van der Waals surface area contributed by atoms with Crippen molar-refractivity contribution in [2.75, 3.05) is 33.4 Å². The van der Waals surface area contributed by atoms with Crippen LogP contribution in [0.15, 0.2) is 59.2 Å². The highest BCUT2D eigenvalue weighted by Crippen LogP contribution is 2.37. The number of morpholine rings is 1. The van der Waals surface area contributed by atoms with Crippen LogP contribution in [0, 0.1) is 0 Å². The summed E-state index contributed by atoms with van der Waals surface area (Å²) in [6.45, 7) is 4.36. The van der Waals surface area contributed by atoms with Gasteiger partial charge in [-0.25, -0.2) is 0 Å². The maximum atomic E-state index is 12.6. The number of allylic oxidation sites excluding steroid dienone is 1. The molecule has 1 saturated heterocycles. The maximum Gasteiger partial charge on any atom is 0.247 e. The molecule has 1 aliphatic rings. The lowest BCUT2D eigenvalue weighted by molar-refractivity contribution is -0.129. The predicted octanol–water partition coefficient (Wildman–Crippen LogP) is 4.37. The molecule has 144 valence electrons. The molecule has 5 nitrogen and oxygen atoms in total. The fraction of sp³-hybridized carbons (Fsp3) is 0.261. The first-order chi connectivity index (χ1) is 13.7. The van der Waals surface area contributed by atoms with Gasteiger partial charge in [0.05, 0.1) is 26.6 Å². The highest BCUT2D eigenvalue weighted by atomic mass is 16.5. The number of carbonyl (C=O) groups is 1. The van der Waals surface area contributed by atoms with Gasteiger partial charge < -0.3 is 18.8 Å². The lowest BCUT2D eigenvalue weighted by Gasteiger charge is -2.26. The van der Waals surface area contributed by atoms with Crippen molar-refractivity contribution in [3.63, 3.8) is 0 Å². The zero-order valence-electron chi connectivity index (χ0n) is 16.1. The lowest BCUT2D eigenvalue weighted by Crippen LogP contribution is -2.39. The molecule has 1 aromatic heterocycles. The van der Waals surface area contributed by atoms with Gasteiger partial charge in [-0.2, -0.15) is 0 Å². The number of furan rings is 1. The smallest absolute Gasteiger partial charge is 0.247 e. The van der Waals surface area contributed by atoms with Crippen LogP contribution in [0.25, 0.3) is 27.7 Å². The minimum absolute atomic E-state index is 0.00146. The van der Waals surface area contributed by atoms with Gasteiger partial charge in [0.1, 0.15) is 11.3 Å². The molecule has 28 heavy (non-hydrogen) atoms. The number of benzene rings is 2. The number of rotatable bonds is 4. The first-order valence-corrected chi connectivity index (χ1v) is 9.37. The van der Waals surface area contributed by atoms with Gasteiger partial charge in [0.25, 0.3) is 0 Å².